The van der Waals surface area contributed by atoms with Crippen LogP contribution in [0.25, 0.3) is 11.1 Å². The van der Waals surface area contributed by atoms with E-state index in [-0.39, 0.29) is 11.6 Å². The van der Waals surface area contributed by atoms with Crippen molar-refractivity contribution in [3.63, 3.8) is 0 Å². The molecule has 3 rings (SSSR count). The zero-order chi connectivity index (χ0) is 21.0. The first-order valence-electron chi connectivity index (χ1n) is 8.61. The van der Waals surface area contributed by atoms with Gasteiger partial charge in [-0.15, -0.1) is 0 Å². The maximum absolute atomic E-state index is 12.4. The third kappa shape index (κ3) is 5.25. The zero-order valence-corrected chi connectivity index (χ0v) is 16.8. The predicted octanol–water partition coefficient (Wildman–Crippen LogP) is 5.97. The number of nitrogens with one attached hydrogen (secondary N) is 1. The molecular weight excluding hydrogens is 415 g/mol. The van der Waals surface area contributed by atoms with Gasteiger partial charge in [-0.05, 0) is 60.5 Å². The molecule has 0 radical (unpaired) electrons. The Hall–Kier alpha value is -3.09. The summed E-state index contributed by atoms with van der Waals surface area (Å²) in [6.07, 6.45) is -0.775. The Balaban J connectivity index is 1.64. The van der Waals surface area contributed by atoms with Crippen LogP contribution in [0.1, 0.15) is 6.92 Å². The molecule has 148 valence electrons. The second-order valence-electron chi connectivity index (χ2n) is 6.21. The number of anilines is 1. The summed E-state index contributed by atoms with van der Waals surface area (Å²) < 4.78 is 5.60. The molecule has 3 aromatic rings. The fraction of sp³-hybridized carbons (Fsp3) is 0.0952. The smallest absolute Gasteiger partial charge is 0.269 e. The van der Waals surface area contributed by atoms with Crippen molar-refractivity contribution in [3.8, 4) is 16.9 Å². The van der Waals surface area contributed by atoms with Crippen LogP contribution < -0.4 is 10.1 Å². The SMILES string of the molecule is C[C@H](Oc1ccc(Cl)cc1Cl)C(=O)Nc1ccc(-c2ccc([N+](=O)[O-])cc2)cc1. The molecule has 1 N–H and O–H groups in total. The van der Waals surface area contributed by atoms with Gasteiger partial charge in [0.1, 0.15) is 5.75 Å². The summed E-state index contributed by atoms with van der Waals surface area (Å²) in [5.74, 6) is 0.0336. The Kier molecular flexibility index (Phi) is 6.36. The van der Waals surface area contributed by atoms with Gasteiger partial charge in [0.15, 0.2) is 6.10 Å². The number of non-ortho nitro benzene ring substituents is 1. The van der Waals surface area contributed by atoms with Crippen molar-refractivity contribution in [2.75, 3.05) is 5.32 Å². The fourth-order valence-electron chi connectivity index (χ4n) is 2.58. The molecule has 0 unspecified atom stereocenters. The zero-order valence-electron chi connectivity index (χ0n) is 15.3. The molecule has 8 heteroatoms. The van der Waals surface area contributed by atoms with Gasteiger partial charge < -0.3 is 10.1 Å². The van der Waals surface area contributed by atoms with E-state index in [1.807, 2.05) is 12.1 Å². The first kappa shape index (κ1) is 20.6. The molecule has 0 aliphatic heterocycles. The van der Waals surface area contributed by atoms with E-state index in [0.29, 0.717) is 21.5 Å². The molecule has 0 bridgehead atoms. The van der Waals surface area contributed by atoms with Crippen LogP contribution in [0.2, 0.25) is 10.0 Å². The minimum atomic E-state index is -0.775. The van der Waals surface area contributed by atoms with Gasteiger partial charge in [-0.25, -0.2) is 0 Å². The highest BCUT2D eigenvalue weighted by molar-refractivity contribution is 6.35. The molecule has 0 spiro atoms. The molecule has 0 fully saturated rings. The molecule has 6 nitrogen and oxygen atoms in total. The highest BCUT2D eigenvalue weighted by Crippen LogP contribution is 2.28. The molecular formula is C21H16Cl2N2O4. The monoisotopic (exact) mass is 430 g/mol. The van der Waals surface area contributed by atoms with Crippen LogP contribution in [0.5, 0.6) is 5.75 Å². The summed E-state index contributed by atoms with van der Waals surface area (Å²) in [5.41, 5.74) is 2.34. The number of rotatable bonds is 6. The highest BCUT2D eigenvalue weighted by atomic mass is 35.5. The largest absolute Gasteiger partial charge is 0.479 e. The quantitative estimate of drug-likeness (QED) is 0.385. The van der Waals surface area contributed by atoms with Gasteiger partial charge in [0.2, 0.25) is 0 Å². The summed E-state index contributed by atoms with van der Waals surface area (Å²) in [5, 5.41) is 14.3. The van der Waals surface area contributed by atoms with E-state index in [2.05, 4.69) is 5.32 Å². The van der Waals surface area contributed by atoms with E-state index in [4.69, 9.17) is 27.9 Å². The van der Waals surface area contributed by atoms with Gasteiger partial charge in [-0.2, -0.15) is 0 Å². The van der Waals surface area contributed by atoms with Crippen molar-refractivity contribution in [2.45, 2.75) is 13.0 Å². The van der Waals surface area contributed by atoms with E-state index < -0.39 is 11.0 Å². The summed E-state index contributed by atoms with van der Waals surface area (Å²) >= 11 is 11.9. The lowest BCUT2D eigenvalue weighted by atomic mass is 10.1. The number of halogens is 2. The minimum absolute atomic E-state index is 0.0346. The maximum atomic E-state index is 12.4. The normalized spacial score (nSPS) is 11.6. The van der Waals surface area contributed by atoms with E-state index in [1.54, 1.807) is 49.4 Å². The number of nitrogens with zero attached hydrogens (tertiary/aromatic N) is 1. The number of carbonyl (C=O) groups excluding carboxylic acids is 1. The van der Waals surface area contributed by atoms with Crippen LogP contribution in [-0.2, 0) is 4.79 Å². The minimum Gasteiger partial charge on any atom is -0.479 e. The first-order chi connectivity index (χ1) is 13.8. The molecule has 29 heavy (non-hydrogen) atoms. The number of hydrogen-bond donors (Lipinski definition) is 1. The van der Waals surface area contributed by atoms with Gasteiger partial charge in [-0.3, -0.25) is 14.9 Å². The molecule has 0 saturated heterocycles. The van der Waals surface area contributed by atoms with E-state index >= 15 is 0 Å². The number of carbonyl (C=O) groups is 1. The Bertz CT molecular complexity index is 1040. The molecule has 0 aliphatic rings. The average Bonchev–Trinajstić information content (AvgIpc) is 2.70. The molecule has 0 saturated carbocycles. The number of nitro groups is 1. The summed E-state index contributed by atoms with van der Waals surface area (Å²) in [6.45, 7) is 1.62. The number of ether oxygens (including phenoxy) is 1. The molecule has 3 aromatic carbocycles. The first-order valence-corrected chi connectivity index (χ1v) is 9.36. The average molecular weight is 431 g/mol. The Morgan fingerprint density at radius 3 is 2.14 bits per heavy atom. The van der Waals surface area contributed by atoms with Crippen LogP contribution in [0, 0.1) is 10.1 Å². The van der Waals surface area contributed by atoms with Gasteiger partial charge in [0.05, 0.1) is 9.95 Å². The van der Waals surface area contributed by atoms with Crippen molar-refractivity contribution in [1.29, 1.82) is 0 Å². The van der Waals surface area contributed by atoms with Crippen LogP contribution in [0.3, 0.4) is 0 Å². The van der Waals surface area contributed by atoms with Crippen LogP contribution >= 0.6 is 23.2 Å². The summed E-state index contributed by atoms with van der Waals surface area (Å²) in [4.78, 5) is 22.7. The van der Waals surface area contributed by atoms with Crippen molar-refractivity contribution >= 4 is 40.5 Å². The van der Waals surface area contributed by atoms with Crippen LogP contribution in [0.4, 0.5) is 11.4 Å². The number of nitro benzene ring substituents is 1. The van der Waals surface area contributed by atoms with Crippen LogP contribution in [0.15, 0.2) is 66.7 Å². The molecule has 1 atom stereocenters. The second-order valence-corrected chi connectivity index (χ2v) is 7.05. The molecule has 0 aromatic heterocycles. The third-order valence-corrected chi connectivity index (χ3v) is 4.66. The van der Waals surface area contributed by atoms with Gasteiger partial charge in [0.25, 0.3) is 11.6 Å². The number of hydrogen-bond acceptors (Lipinski definition) is 4. The van der Waals surface area contributed by atoms with Gasteiger partial charge >= 0.3 is 0 Å². The second kappa shape index (κ2) is 8.94. The van der Waals surface area contributed by atoms with Crippen molar-refractivity contribution in [2.24, 2.45) is 0 Å². The number of amides is 1. The van der Waals surface area contributed by atoms with E-state index in [0.717, 1.165) is 11.1 Å². The molecule has 0 aliphatic carbocycles. The Morgan fingerprint density at radius 1 is 1.00 bits per heavy atom. The molecule has 0 heterocycles. The van der Waals surface area contributed by atoms with E-state index in [1.165, 1.54) is 12.1 Å². The standard InChI is InChI=1S/C21H16Cl2N2O4/c1-13(29-20-11-6-16(22)12-19(20)23)21(26)24-17-7-2-14(3-8-17)15-4-9-18(10-5-15)25(27)28/h2-13H,1H3,(H,24,26)/t13-/m0/s1. The predicted molar refractivity (Wildman–Crippen MR) is 114 cm³/mol. The lowest BCUT2D eigenvalue weighted by molar-refractivity contribution is -0.384. The molecule has 1 amide bonds. The van der Waals surface area contributed by atoms with Crippen molar-refractivity contribution in [1.82, 2.24) is 0 Å². The fourth-order valence-corrected chi connectivity index (χ4v) is 3.03. The lowest BCUT2D eigenvalue weighted by Crippen LogP contribution is -2.30. The topological polar surface area (TPSA) is 81.5 Å². The summed E-state index contributed by atoms with van der Waals surface area (Å²) in [7, 11) is 0. The Morgan fingerprint density at radius 2 is 1.59 bits per heavy atom. The lowest BCUT2D eigenvalue weighted by Gasteiger charge is -2.16. The van der Waals surface area contributed by atoms with Crippen LogP contribution in [-0.4, -0.2) is 16.9 Å². The number of benzene rings is 3. The van der Waals surface area contributed by atoms with Gasteiger partial charge in [-0.1, -0.05) is 35.3 Å². The van der Waals surface area contributed by atoms with Crippen molar-refractivity contribution in [3.05, 3.63) is 86.9 Å². The highest BCUT2D eigenvalue weighted by Gasteiger charge is 2.16. The maximum Gasteiger partial charge on any atom is 0.269 e. The van der Waals surface area contributed by atoms with Gasteiger partial charge in [0, 0.05) is 22.8 Å². The van der Waals surface area contributed by atoms with E-state index in [9.17, 15) is 14.9 Å². The summed E-state index contributed by atoms with van der Waals surface area (Å²) in [6, 6.07) is 18.2. The third-order valence-electron chi connectivity index (χ3n) is 4.13. The Labute approximate surface area is 177 Å². The van der Waals surface area contributed by atoms with Crippen molar-refractivity contribution < 1.29 is 14.5 Å².